The van der Waals surface area contributed by atoms with Crippen LogP contribution in [0.25, 0.3) is 0 Å². The minimum absolute atomic E-state index is 0.727. The second-order valence-corrected chi connectivity index (χ2v) is 7.19. The number of rotatable bonds is 5. The van der Waals surface area contributed by atoms with E-state index in [9.17, 15) is 0 Å². The van der Waals surface area contributed by atoms with Gasteiger partial charge in [0.1, 0.15) is 0 Å². The molecule has 2 aliphatic rings. The van der Waals surface area contributed by atoms with Gasteiger partial charge in [-0.3, -0.25) is 4.99 Å². The van der Waals surface area contributed by atoms with Gasteiger partial charge in [-0.05, 0) is 18.8 Å². The molecule has 2 heterocycles. The SMILES string of the molecule is NC(=NCCCC1CCCC1)N1CCN(c2nccs2)CC1. The van der Waals surface area contributed by atoms with E-state index in [1.165, 1.54) is 38.5 Å². The second-order valence-electron chi connectivity index (χ2n) is 6.32. The molecule has 0 atom stereocenters. The zero-order valence-electron chi connectivity index (χ0n) is 13.3. The lowest BCUT2D eigenvalue weighted by atomic mass is 10.0. The van der Waals surface area contributed by atoms with Crippen LogP contribution in [0.15, 0.2) is 16.6 Å². The maximum absolute atomic E-state index is 6.15. The van der Waals surface area contributed by atoms with E-state index in [-0.39, 0.29) is 0 Å². The number of thiazole rings is 1. The largest absolute Gasteiger partial charge is 0.370 e. The number of hydrogen-bond donors (Lipinski definition) is 1. The Bertz CT molecular complexity index is 459. The van der Waals surface area contributed by atoms with Gasteiger partial charge in [-0.1, -0.05) is 25.7 Å². The van der Waals surface area contributed by atoms with Crippen molar-refractivity contribution in [2.75, 3.05) is 37.6 Å². The Morgan fingerprint density at radius 1 is 1.27 bits per heavy atom. The van der Waals surface area contributed by atoms with Gasteiger partial charge in [-0.2, -0.15) is 0 Å². The third-order valence-corrected chi connectivity index (χ3v) is 5.64. The number of aliphatic imine (C=N–C) groups is 1. The van der Waals surface area contributed by atoms with Crippen LogP contribution in [0.4, 0.5) is 5.13 Å². The molecule has 122 valence electrons. The van der Waals surface area contributed by atoms with Crippen molar-refractivity contribution in [2.45, 2.75) is 38.5 Å². The van der Waals surface area contributed by atoms with Crippen molar-refractivity contribution in [3.63, 3.8) is 0 Å². The molecule has 0 aromatic carbocycles. The Kier molecular flexibility index (Phi) is 5.53. The lowest BCUT2D eigenvalue weighted by molar-refractivity contribution is 0.380. The first-order valence-electron chi connectivity index (χ1n) is 8.52. The van der Waals surface area contributed by atoms with Gasteiger partial charge in [0.05, 0.1) is 0 Å². The third-order valence-electron chi connectivity index (χ3n) is 4.81. The summed E-state index contributed by atoms with van der Waals surface area (Å²) in [6, 6.07) is 0. The van der Waals surface area contributed by atoms with Crippen molar-refractivity contribution in [3.05, 3.63) is 11.6 Å². The van der Waals surface area contributed by atoms with E-state index in [4.69, 9.17) is 5.73 Å². The van der Waals surface area contributed by atoms with Gasteiger partial charge in [0.15, 0.2) is 11.1 Å². The summed E-state index contributed by atoms with van der Waals surface area (Å²) >= 11 is 1.70. The summed E-state index contributed by atoms with van der Waals surface area (Å²) in [6.45, 7) is 4.72. The molecule has 2 N–H and O–H groups in total. The highest BCUT2D eigenvalue weighted by Gasteiger charge is 2.19. The fourth-order valence-electron chi connectivity index (χ4n) is 3.47. The molecule has 1 saturated carbocycles. The monoisotopic (exact) mass is 321 g/mol. The Morgan fingerprint density at radius 2 is 2.05 bits per heavy atom. The normalized spacial score (nSPS) is 20.8. The van der Waals surface area contributed by atoms with Gasteiger partial charge in [-0.15, -0.1) is 11.3 Å². The van der Waals surface area contributed by atoms with E-state index in [1.54, 1.807) is 11.3 Å². The zero-order valence-corrected chi connectivity index (χ0v) is 14.1. The maximum atomic E-state index is 6.15. The molecule has 6 heteroatoms. The Hall–Kier alpha value is -1.30. The maximum Gasteiger partial charge on any atom is 0.191 e. The Morgan fingerprint density at radius 3 is 2.73 bits per heavy atom. The van der Waals surface area contributed by atoms with Crippen LogP contribution in [0.3, 0.4) is 0 Å². The van der Waals surface area contributed by atoms with Gasteiger partial charge in [0.2, 0.25) is 0 Å². The van der Waals surface area contributed by atoms with Crippen molar-refractivity contribution in [1.29, 1.82) is 0 Å². The van der Waals surface area contributed by atoms with Gasteiger partial charge in [0.25, 0.3) is 0 Å². The van der Waals surface area contributed by atoms with Crippen LogP contribution in [-0.4, -0.2) is 48.6 Å². The smallest absolute Gasteiger partial charge is 0.191 e. The number of nitrogens with zero attached hydrogens (tertiary/aromatic N) is 4. The zero-order chi connectivity index (χ0) is 15.2. The molecule has 0 amide bonds. The van der Waals surface area contributed by atoms with Crippen LogP contribution in [0, 0.1) is 5.92 Å². The van der Waals surface area contributed by atoms with Crippen molar-refractivity contribution >= 4 is 22.4 Å². The molecule has 2 fully saturated rings. The lowest BCUT2D eigenvalue weighted by Crippen LogP contribution is -2.51. The molecule has 22 heavy (non-hydrogen) atoms. The minimum atomic E-state index is 0.727. The molecular formula is C16H27N5S. The van der Waals surface area contributed by atoms with Crippen LogP contribution in [-0.2, 0) is 0 Å². The van der Waals surface area contributed by atoms with Crippen molar-refractivity contribution in [3.8, 4) is 0 Å². The van der Waals surface area contributed by atoms with Crippen LogP contribution in [0.5, 0.6) is 0 Å². The number of nitrogens with two attached hydrogens (primary N) is 1. The molecule has 0 spiro atoms. The lowest BCUT2D eigenvalue weighted by Gasteiger charge is -2.35. The fourth-order valence-corrected chi connectivity index (χ4v) is 4.17. The molecule has 1 aliphatic carbocycles. The van der Waals surface area contributed by atoms with Crippen LogP contribution in [0.2, 0.25) is 0 Å². The molecule has 5 nitrogen and oxygen atoms in total. The third kappa shape index (κ3) is 4.12. The molecule has 1 saturated heterocycles. The Labute approximate surface area is 137 Å². The van der Waals surface area contributed by atoms with E-state index in [0.717, 1.165) is 49.7 Å². The predicted molar refractivity (Wildman–Crippen MR) is 93.6 cm³/mol. The molecular weight excluding hydrogens is 294 g/mol. The molecule has 0 bridgehead atoms. The molecule has 1 aromatic rings. The van der Waals surface area contributed by atoms with Crippen LogP contribution in [0.1, 0.15) is 38.5 Å². The van der Waals surface area contributed by atoms with Crippen LogP contribution >= 0.6 is 11.3 Å². The topological polar surface area (TPSA) is 57.8 Å². The summed E-state index contributed by atoms with van der Waals surface area (Å²) < 4.78 is 0. The molecule has 3 rings (SSSR count). The standard InChI is InChI=1S/C16H27N5S/c17-15(18-7-3-6-14-4-1-2-5-14)20-9-11-21(12-10-20)16-19-8-13-22-16/h8,13-14H,1-7,9-12H2,(H2,17,18). The van der Waals surface area contributed by atoms with E-state index in [0.29, 0.717) is 0 Å². The summed E-state index contributed by atoms with van der Waals surface area (Å²) in [6.07, 6.45) is 10.1. The number of anilines is 1. The summed E-state index contributed by atoms with van der Waals surface area (Å²) in [5, 5.41) is 3.15. The van der Waals surface area contributed by atoms with E-state index < -0.39 is 0 Å². The number of hydrogen-bond acceptors (Lipinski definition) is 4. The molecule has 0 radical (unpaired) electrons. The van der Waals surface area contributed by atoms with Crippen molar-refractivity contribution in [1.82, 2.24) is 9.88 Å². The van der Waals surface area contributed by atoms with E-state index in [2.05, 4.69) is 19.8 Å². The first kappa shape index (κ1) is 15.6. The molecule has 1 aliphatic heterocycles. The van der Waals surface area contributed by atoms with Crippen LogP contribution < -0.4 is 10.6 Å². The average molecular weight is 321 g/mol. The first-order chi connectivity index (χ1) is 10.8. The number of piperazine rings is 1. The summed E-state index contributed by atoms with van der Waals surface area (Å²) in [7, 11) is 0. The van der Waals surface area contributed by atoms with Gasteiger partial charge in [0, 0.05) is 44.3 Å². The highest BCUT2D eigenvalue weighted by Crippen LogP contribution is 2.28. The van der Waals surface area contributed by atoms with Gasteiger partial charge < -0.3 is 15.5 Å². The average Bonchev–Trinajstić information content (AvgIpc) is 3.25. The van der Waals surface area contributed by atoms with Crippen molar-refractivity contribution in [2.24, 2.45) is 16.6 Å². The number of aromatic nitrogens is 1. The van der Waals surface area contributed by atoms with Gasteiger partial charge in [-0.25, -0.2) is 4.98 Å². The number of guanidine groups is 1. The van der Waals surface area contributed by atoms with E-state index in [1.807, 2.05) is 11.6 Å². The minimum Gasteiger partial charge on any atom is -0.370 e. The molecule has 0 unspecified atom stereocenters. The highest BCUT2D eigenvalue weighted by atomic mass is 32.1. The highest BCUT2D eigenvalue weighted by molar-refractivity contribution is 7.13. The predicted octanol–water partition coefficient (Wildman–Crippen LogP) is 2.55. The first-order valence-corrected chi connectivity index (χ1v) is 9.40. The van der Waals surface area contributed by atoms with Gasteiger partial charge >= 0.3 is 0 Å². The summed E-state index contributed by atoms with van der Waals surface area (Å²) in [5.41, 5.74) is 6.15. The quantitative estimate of drug-likeness (QED) is 0.514. The fraction of sp³-hybridized carbons (Fsp3) is 0.750. The molecule has 1 aromatic heterocycles. The van der Waals surface area contributed by atoms with E-state index >= 15 is 0 Å². The van der Waals surface area contributed by atoms with Crippen molar-refractivity contribution < 1.29 is 0 Å². The summed E-state index contributed by atoms with van der Waals surface area (Å²) in [5.74, 6) is 1.68. The Balaban J connectivity index is 1.37. The second kappa shape index (κ2) is 7.81. The summed E-state index contributed by atoms with van der Waals surface area (Å²) in [4.78, 5) is 13.5.